The summed E-state index contributed by atoms with van der Waals surface area (Å²) in [6.07, 6.45) is 1.04. The van der Waals surface area contributed by atoms with Gasteiger partial charge in [-0.3, -0.25) is 4.79 Å². The molecule has 1 aromatic rings. The number of nitrogens with one attached hydrogen (secondary N) is 2. The van der Waals surface area contributed by atoms with E-state index in [-0.39, 0.29) is 29.9 Å². The first kappa shape index (κ1) is 26.6. The number of ether oxygens (including phenoxy) is 1. The van der Waals surface area contributed by atoms with Crippen LogP contribution in [0.25, 0.3) is 0 Å². The van der Waals surface area contributed by atoms with Crippen LogP contribution in [0.4, 0.5) is 0 Å². The van der Waals surface area contributed by atoms with Gasteiger partial charge in [-0.15, -0.1) is 24.0 Å². The molecule has 0 radical (unpaired) electrons. The van der Waals surface area contributed by atoms with Crippen molar-refractivity contribution in [1.82, 2.24) is 20.4 Å². The van der Waals surface area contributed by atoms with Gasteiger partial charge in [-0.1, -0.05) is 12.1 Å². The molecule has 0 aliphatic heterocycles. The van der Waals surface area contributed by atoms with Gasteiger partial charge in [0.1, 0.15) is 0 Å². The van der Waals surface area contributed by atoms with E-state index in [0.29, 0.717) is 12.1 Å². The average Bonchev–Trinajstić information content (AvgIpc) is 2.66. The molecular weight excluding hydrogens is 469 g/mol. The summed E-state index contributed by atoms with van der Waals surface area (Å²) in [4.78, 5) is 20.4. The Labute approximate surface area is 186 Å². The predicted octanol–water partition coefficient (Wildman–Crippen LogP) is 2.03. The van der Waals surface area contributed by atoms with E-state index in [4.69, 9.17) is 4.74 Å². The lowest BCUT2D eigenvalue weighted by Crippen LogP contribution is -2.41. The molecule has 2 N–H and O–H groups in total. The molecule has 0 bridgehead atoms. The zero-order valence-corrected chi connectivity index (χ0v) is 20.2. The molecule has 0 atom stereocenters. The first-order valence-corrected chi connectivity index (χ1v) is 9.48. The summed E-state index contributed by atoms with van der Waals surface area (Å²) in [6.45, 7) is 7.00. The standard InChI is InChI=1S/C20H35N5O2.HI/c1-6-21-20(22-12-14-25(4)13-7-15-27-5)23-16-17-8-10-18(11-9-17)19(26)24(2)3;/h8-11H,6-7,12-16H2,1-5H3,(H2,21,22,23);1H. The third-order valence-corrected chi connectivity index (χ3v) is 4.05. The maximum atomic E-state index is 11.9. The molecule has 0 aliphatic carbocycles. The Kier molecular flexibility index (Phi) is 14.8. The number of amides is 1. The molecule has 0 spiro atoms. The first-order chi connectivity index (χ1) is 13.0. The third kappa shape index (κ3) is 10.8. The summed E-state index contributed by atoms with van der Waals surface area (Å²) in [5.41, 5.74) is 1.76. The number of nitrogens with zero attached hydrogens (tertiary/aromatic N) is 3. The molecule has 28 heavy (non-hydrogen) atoms. The molecule has 0 unspecified atom stereocenters. The number of carbonyl (C=O) groups excluding carboxylic acids is 1. The Balaban J connectivity index is 0.00000729. The molecule has 1 aromatic carbocycles. The topological polar surface area (TPSA) is 69.2 Å². The summed E-state index contributed by atoms with van der Waals surface area (Å²) in [7, 11) is 7.35. The summed E-state index contributed by atoms with van der Waals surface area (Å²) in [5, 5.41) is 6.62. The summed E-state index contributed by atoms with van der Waals surface area (Å²) < 4.78 is 5.08. The van der Waals surface area contributed by atoms with Gasteiger partial charge in [-0.25, -0.2) is 4.99 Å². The fourth-order valence-corrected chi connectivity index (χ4v) is 2.48. The van der Waals surface area contributed by atoms with E-state index in [9.17, 15) is 4.79 Å². The van der Waals surface area contributed by atoms with E-state index in [1.54, 1.807) is 26.1 Å². The molecule has 160 valence electrons. The van der Waals surface area contributed by atoms with Crippen LogP contribution in [0, 0.1) is 0 Å². The van der Waals surface area contributed by atoms with E-state index < -0.39 is 0 Å². The minimum Gasteiger partial charge on any atom is -0.385 e. The van der Waals surface area contributed by atoms with Crippen LogP contribution in [-0.2, 0) is 11.3 Å². The van der Waals surface area contributed by atoms with Gasteiger partial charge in [0.2, 0.25) is 0 Å². The van der Waals surface area contributed by atoms with Gasteiger partial charge >= 0.3 is 0 Å². The highest BCUT2D eigenvalue weighted by Gasteiger charge is 2.07. The van der Waals surface area contributed by atoms with E-state index in [0.717, 1.165) is 50.7 Å². The average molecular weight is 505 g/mol. The minimum atomic E-state index is 0. The van der Waals surface area contributed by atoms with Crippen LogP contribution in [-0.4, -0.2) is 82.7 Å². The van der Waals surface area contributed by atoms with Crippen molar-refractivity contribution in [1.29, 1.82) is 0 Å². The molecule has 8 heteroatoms. The van der Waals surface area contributed by atoms with Crippen LogP contribution in [0.3, 0.4) is 0 Å². The van der Waals surface area contributed by atoms with Gasteiger partial charge in [-0.2, -0.15) is 0 Å². The summed E-state index contributed by atoms with van der Waals surface area (Å²) in [6, 6.07) is 7.60. The molecule has 7 nitrogen and oxygen atoms in total. The molecule has 0 heterocycles. The van der Waals surface area contributed by atoms with Gasteiger partial charge in [-0.05, 0) is 38.1 Å². The molecule has 0 aliphatic rings. The number of carbonyl (C=O) groups is 1. The molecular formula is C20H36IN5O2. The highest BCUT2D eigenvalue weighted by Crippen LogP contribution is 2.07. The van der Waals surface area contributed by atoms with Gasteiger partial charge in [0.05, 0.1) is 6.54 Å². The zero-order valence-electron chi connectivity index (χ0n) is 17.8. The van der Waals surface area contributed by atoms with E-state index >= 15 is 0 Å². The number of methoxy groups -OCH3 is 1. The molecule has 0 aromatic heterocycles. The second-order valence-electron chi connectivity index (χ2n) is 6.67. The number of hydrogen-bond acceptors (Lipinski definition) is 4. The Morgan fingerprint density at radius 1 is 1.11 bits per heavy atom. The number of halogens is 1. The van der Waals surface area contributed by atoms with Crippen molar-refractivity contribution < 1.29 is 9.53 Å². The lowest BCUT2D eigenvalue weighted by Gasteiger charge is -2.18. The maximum Gasteiger partial charge on any atom is 0.253 e. The SMILES string of the molecule is CCNC(=NCc1ccc(C(=O)N(C)C)cc1)NCCN(C)CCCOC.I. The van der Waals surface area contributed by atoms with Crippen molar-refractivity contribution >= 4 is 35.8 Å². The lowest BCUT2D eigenvalue weighted by molar-refractivity contribution is 0.0827. The van der Waals surface area contributed by atoms with Crippen molar-refractivity contribution in [2.75, 3.05) is 61.0 Å². The van der Waals surface area contributed by atoms with E-state index in [1.807, 2.05) is 24.3 Å². The second kappa shape index (κ2) is 15.5. The van der Waals surface area contributed by atoms with Crippen LogP contribution in [0.15, 0.2) is 29.3 Å². The van der Waals surface area contributed by atoms with Crippen molar-refractivity contribution in [2.24, 2.45) is 4.99 Å². The van der Waals surface area contributed by atoms with E-state index in [2.05, 4.69) is 34.5 Å². The monoisotopic (exact) mass is 505 g/mol. The molecule has 1 rings (SSSR count). The highest BCUT2D eigenvalue weighted by molar-refractivity contribution is 14.0. The van der Waals surface area contributed by atoms with Gasteiger partial charge < -0.3 is 25.2 Å². The highest BCUT2D eigenvalue weighted by atomic mass is 127. The quantitative estimate of drug-likeness (QED) is 0.209. The van der Waals surface area contributed by atoms with Gasteiger partial charge in [0.15, 0.2) is 5.96 Å². The number of benzene rings is 1. The van der Waals surface area contributed by atoms with Crippen LogP contribution in [0.2, 0.25) is 0 Å². The van der Waals surface area contributed by atoms with Crippen LogP contribution < -0.4 is 10.6 Å². The molecule has 0 fully saturated rings. The predicted molar refractivity (Wildman–Crippen MR) is 127 cm³/mol. The lowest BCUT2D eigenvalue weighted by atomic mass is 10.1. The van der Waals surface area contributed by atoms with Crippen LogP contribution >= 0.6 is 24.0 Å². The third-order valence-electron chi connectivity index (χ3n) is 4.05. The van der Waals surface area contributed by atoms with Crippen molar-refractivity contribution in [2.45, 2.75) is 19.9 Å². The Morgan fingerprint density at radius 2 is 1.79 bits per heavy atom. The van der Waals surface area contributed by atoms with Crippen molar-refractivity contribution in [3.05, 3.63) is 35.4 Å². The smallest absolute Gasteiger partial charge is 0.253 e. The van der Waals surface area contributed by atoms with Crippen LogP contribution in [0.5, 0.6) is 0 Å². The molecule has 0 saturated carbocycles. The normalized spacial score (nSPS) is 11.1. The number of aliphatic imine (C=N–C) groups is 1. The Hall–Kier alpha value is -1.39. The van der Waals surface area contributed by atoms with Crippen molar-refractivity contribution in [3.63, 3.8) is 0 Å². The second-order valence-corrected chi connectivity index (χ2v) is 6.67. The molecule has 1 amide bonds. The number of hydrogen-bond donors (Lipinski definition) is 2. The maximum absolute atomic E-state index is 11.9. The fraction of sp³-hybridized carbons (Fsp3) is 0.600. The number of likely N-dealkylation sites (N-methyl/N-ethyl adjacent to an activating group) is 1. The zero-order chi connectivity index (χ0) is 20.1. The fourth-order valence-electron chi connectivity index (χ4n) is 2.48. The van der Waals surface area contributed by atoms with E-state index in [1.165, 1.54) is 0 Å². The first-order valence-electron chi connectivity index (χ1n) is 9.48. The van der Waals surface area contributed by atoms with Gasteiger partial charge in [0, 0.05) is 59.6 Å². The summed E-state index contributed by atoms with van der Waals surface area (Å²) in [5.74, 6) is 0.811. The Bertz CT molecular complexity index is 578. The minimum absolute atomic E-state index is 0. The Morgan fingerprint density at radius 3 is 2.36 bits per heavy atom. The number of guanidine groups is 1. The molecule has 0 saturated heterocycles. The summed E-state index contributed by atoms with van der Waals surface area (Å²) >= 11 is 0. The number of rotatable bonds is 11. The van der Waals surface area contributed by atoms with Crippen molar-refractivity contribution in [3.8, 4) is 0 Å². The van der Waals surface area contributed by atoms with Crippen LogP contribution in [0.1, 0.15) is 29.3 Å². The van der Waals surface area contributed by atoms with Gasteiger partial charge in [0.25, 0.3) is 5.91 Å². The largest absolute Gasteiger partial charge is 0.385 e.